The molecule has 0 saturated carbocycles. The van der Waals surface area contributed by atoms with Gasteiger partial charge in [-0.25, -0.2) is 10.3 Å². The molecule has 0 bridgehead atoms. The number of allylic oxidation sites excluding steroid dienone is 3. The molecule has 8 heteroatoms. The zero-order valence-electron chi connectivity index (χ0n) is 17.6. The fraction of sp³-hybridized carbons (Fsp3) is 0.333. The van der Waals surface area contributed by atoms with Crippen molar-refractivity contribution in [2.24, 2.45) is 5.92 Å². The molecule has 0 heterocycles. The van der Waals surface area contributed by atoms with Crippen molar-refractivity contribution in [1.29, 1.82) is 0 Å². The lowest BCUT2D eigenvalue weighted by Crippen LogP contribution is -2.15. The van der Waals surface area contributed by atoms with E-state index in [1.54, 1.807) is 19.1 Å². The van der Waals surface area contributed by atoms with Crippen molar-refractivity contribution >= 4 is 29.1 Å². The SMILES string of the molecule is CC(/C=C/C(=O)NO)=C\[C@@H](C)C(=O)c1ccc(N(C)C)cc1.COC(=O)C(C)=O. The third-order valence-electron chi connectivity index (χ3n) is 3.68. The van der Waals surface area contributed by atoms with Gasteiger partial charge in [-0.1, -0.05) is 24.6 Å². The minimum absolute atomic E-state index is 0.0182. The van der Waals surface area contributed by atoms with E-state index in [0.717, 1.165) is 18.2 Å². The van der Waals surface area contributed by atoms with E-state index in [9.17, 15) is 19.2 Å². The molecule has 0 spiro atoms. The number of carbonyl (C=O) groups excluding carboxylic acids is 4. The van der Waals surface area contributed by atoms with Crippen molar-refractivity contribution in [3.05, 3.63) is 53.6 Å². The average molecular weight is 404 g/mol. The molecule has 0 aromatic heterocycles. The third-order valence-corrected chi connectivity index (χ3v) is 3.68. The Labute approximate surface area is 170 Å². The summed E-state index contributed by atoms with van der Waals surface area (Å²) in [5, 5.41) is 8.40. The van der Waals surface area contributed by atoms with Gasteiger partial charge in [-0.15, -0.1) is 0 Å². The average Bonchev–Trinajstić information content (AvgIpc) is 2.70. The number of nitrogens with one attached hydrogen (secondary N) is 1. The summed E-state index contributed by atoms with van der Waals surface area (Å²) in [7, 11) is 5.06. The van der Waals surface area contributed by atoms with Crippen LogP contribution in [0, 0.1) is 5.92 Å². The van der Waals surface area contributed by atoms with E-state index in [2.05, 4.69) is 4.74 Å². The van der Waals surface area contributed by atoms with Crippen LogP contribution in [0.1, 0.15) is 31.1 Å². The molecule has 0 aliphatic carbocycles. The lowest BCUT2D eigenvalue weighted by Gasteiger charge is -2.13. The minimum atomic E-state index is -0.792. The van der Waals surface area contributed by atoms with E-state index in [1.807, 2.05) is 50.2 Å². The van der Waals surface area contributed by atoms with Crippen LogP contribution in [-0.4, -0.2) is 49.9 Å². The molecule has 158 valence electrons. The highest BCUT2D eigenvalue weighted by atomic mass is 16.5. The van der Waals surface area contributed by atoms with Gasteiger partial charge in [0.05, 0.1) is 7.11 Å². The first-order chi connectivity index (χ1) is 13.5. The van der Waals surface area contributed by atoms with Crippen LogP contribution in [0.25, 0.3) is 0 Å². The molecule has 0 radical (unpaired) electrons. The van der Waals surface area contributed by atoms with Crippen LogP contribution in [0.5, 0.6) is 0 Å². The molecule has 0 aliphatic rings. The Morgan fingerprint density at radius 3 is 2.00 bits per heavy atom. The number of rotatable bonds is 7. The number of amides is 1. The molecule has 1 aromatic rings. The Bertz CT molecular complexity index is 779. The maximum Gasteiger partial charge on any atom is 0.374 e. The maximum atomic E-state index is 12.4. The summed E-state index contributed by atoms with van der Waals surface area (Å²) < 4.78 is 4.02. The Balaban J connectivity index is 0.000000956. The molecule has 29 heavy (non-hydrogen) atoms. The van der Waals surface area contributed by atoms with Gasteiger partial charge in [-0.3, -0.25) is 19.6 Å². The van der Waals surface area contributed by atoms with Crippen LogP contribution >= 0.6 is 0 Å². The van der Waals surface area contributed by atoms with Crippen LogP contribution in [0.15, 0.2) is 48.1 Å². The lowest BCUT2D eigenvalue weighted by atomic mass is 9.97. The predicted octanol–water partition coefficient (Wildman–Crippen LogP) is 2.33. The first kappa shape index (κ1) is 25.7. The zero-order chi connectivity index (χ0) is 22.6. The number of ketones is 2. The largest absolute Gasteiger partial charge is 0.463 e. The van der Waals surface area contributed by atoms with Gasteiger partial charge in [0.2, 0.25) is 5.78 Å². The minimum Gasteiger partial charge on any atom is -0.463 e. The quantitative estimate of drug-likeness (QED) is 0.136. The molecule has 1 amide bonds. The van der Waals surface area contributed by atoms with Gasteiger partial charge in [-0.05, 0) is 31.2 Å². The van der Waals surface area contributed by atoms with Crippen molar-refractivity contribution in [3.63, 3.8) is 0 Å². The Kier molecular flexibility index (Phi) is 11.5. The Morgan fingerprint density at radius 2 is 1.62 bits per heavy atom. The molecule has 0 unspecified atom stereocenters. The van der Waals surface area contributed by atoms with Gasteiger partial charge < -0.3 is 9.64 Å². The second-order valence-electron chi connectivity index (χ2n) is 6.36. The van der Waals surface area contributed by atoms with Crippen molar-refractivity contribution < 1.29 is 29.1 Å². The standard InChI is InChI=1S/C17H22N2O3.C4H6O3/c1-12(5-10-16(20)18-22)11-13(2)17(21)14-6-8-15(9-7-14)19(3)4;1-3(5)4(6)7-2/h5-11,13,22H,1-4H3,(H,18,20);1-2H3/b10-5+,12-11+;/t13-;/m1./s1. The molecule has 1 rings (SSSR count). The number of hydroxylamine groups is 1. The number of anilines is 1. The van der Waals surface area contributed by atoms with Crippen molar-refractivity contribution in [1.82, 2.24) is 5.48 Å². The molecular formula is C21H28N2O6. The number of hydrogen-bond donors (Lipinski definition) is 2. The molecule has 0 fully saturated rings. The summed E-state index contributed by atoms with van der Waals surface area (Å²) >= 11 is 0. The summed E-state index contributed by atoms with van der Waals surface area (Å²) in [5.74, 6) is -2.25. The van der Waals surface area contributed by atoms with Gasteiger partial charge in [0.1, 0.15) is 0 Å². The number of nitrogens with zero attached hydrogens (tertiary/aromatic N) is 1. The predicted molar refractivity (Wildman–Crippen MR) is 110 cm³/mol. The van der Waals surface area contributed by atoms with Crippen molar-refractivity contribution in [2.45, 2.75) is 20.8 Å². The van der Waals surface area contributed by atoms with E-state index in [0.29, 0.717) is 5.56 Å². The van der Waals surface area contributed by atoms with Gasteiger partial charge in [0, 0.05) is 44.3 Å². The highest BCUT2D eigenvalue weighted by molar-refractivity contribution is 6.32. The maximum absolute atomic E-state index is 12.4. The van der Waals surface area contributed by atoms with Gasteiger partial charge in [0.15, 0.2) is 5.78 Å². The number of benzene rings is 1. The van der Waals surface area contributed by atoms with Crippen LogP contribution in [0.4, 0.5) is 5.69 Å². The number of ether oxygens (including phenoxy) is 1. The first-order valence-electron chi connectivity index (χ1n) is 8.74. The first-order valence-corrected chi connectivity index (χ1v) is 8.74. The number of methoxy groups -OCH3 is 1. The highest BCUT2D eigenvalue weighted by Crippen LogP contribution is 2.17. The van der Waals surface area contributed by atoms with Gasteiger partial charge in [0.25, 0.3) is 5.91 Å². The second-order valence-corrected chi connectivity index (χ2v) is 6.36. The Morgan fingerprint density at radius 1 is 1.07 bits per heavy atom. The second kappa shape index (κ2) is 13.0. The molecule has 1 aromatic carbocycles. The molecule has 0 saturated heterocycles. The fourth-order valence-electron chi connectivity index (χ4n) is 2.10. The summed E-state index contributed by atoms with van der Waals surface area (Å²) in [5.41, 5.74) is 3.97. The fourth-order valence-corrected chi connectivity index (χ4v) is 2.10. The van der Waals surface area contributed by atoms with Crippen molar-refractivity contribution in [3.8, 4) is 0 Å². The number of esters is 1. The number of carbonyl (C=O) groups is 4. The number of Topliss-reactive ketones (excluding diaryl/α,β-unsaturated/α-hetero) is 2. The van der Waals surface area contributed by atoms with E-state index >= 15 is 0 Å². The van der Waals surface area contributed by atoms with Crippen LogP contribution in [0.3, 0.4) is 0 Å². The van der Waals surface area contributed by atoms with Gasteiger partial charge >= 0.3 is 5.97 Å². The zero-order valence-corrected chi connectivity index (χ0v) is 17.6. The smallest absolute Gasteiger partial charge is 0.374 e. The van der Waals surface area contributed by atoms with Crippen LogP contribution in [-0.2, 0) is 19.1 Å². The summed E-state index contributed by atoms with van der Waals surface area (Å²) in [6, 6.07) is 7.43. The van der Waals surface area contributed by atoms with Crippen molar-refractivity contribution in [2.75, 3.05) is 26.1 Å². The van der Waals surface area contributed by atoms with E-state index in [4.69, 9.17) is 5.21 Å². The lowest BCUT2D eigenvalue weighted by molar-refractivity contribution is -0.150. The summed E-state index contributed by atoms with van der Waals surface area (Å²) in [6.45, 7) is 4.76. The Hall–Kier alpha value is -3.26. The topological polar surface area (TPSA) is 113 Å². The van der Waals surface area contributed by atoms with Crippen LogP contribution < -0.4 is 10.4 Å². The molecule has 2 N–H and O–H groups in total. The monoisotopic (exact) mass is 404 g/mol. The van der Waals surface area contributed by atoms with E-state index in [1.165, 1.54) is 18.7 Å². The molecule has 0 aliphatic heterocycles. The molecular weight excluding hydrogens is 376 g/mol. The van der Waals surface area contributed by atoms with Crippen LogP contribution in [0.2, 0.25) is 0 Å². The molecule has 1 atom stereocenters. The third kappa shape index (κ3) is 10.0. The molecule has 8 nitrogen and oxygen atoms in total. The van der Waals surface area contributed by atoms with E-state index in [-0.39, 0.29) is 11.7 Å². The summed E-state index contributed by atoms with van der Waals surface area (Å²) in [4.78, 5) is 45.1. The summed E-state index contributed by atoms with van der Waals surface area (Å²) in [6.07, 6.45) is 4.53. The highest BCUT2D eigenvalue weighted by Gasteiger charge is 2.13. The van der Waals surface area contributed by atoms with Gasteiger partial charge in [-0.2, -0.15) is 0 Å². The normalized spacial score (nSPS) is 11.8. The van der Waals surface area contributed by atoms with E-state index < -0.39 is 17.7 Å². The number of hydrogen-bond acceptors (Lipinski definition) is 7.